The van der Waals surface area contributed by atoms with Crippen molar-refractivity contribution < 1.29 is 9.53 Å². The molecule has 0 bridgehead atoms. The third-order valence-electron chi connectivity index (χ3n) is 4.75. The number of H-pyrrole nitrogens is 1. The van der Waals surface area contributed by atoms with Gasteiger partial charge in [-0.25, -0.2) is 4.98 Å². The summed E-state index contributed by atoms with van der Waals surface area (Å²) in [5.41, 5.74) is 2.54. The van der Waals surface area contributed by atoms with Gasteiger partial charge in [-0.1, -0.05) is 24.3 Å². The van der Waals surface area contributed by atoms with Crippen LogP contribution in [0.25, 0.3) is 10.9 Å². The van der Waals surface area contributed by atoms with E-state index in [1.807, 2.05) is 47.5 Å². The molecule has 0 spiro atoms. The van der Waals surface area contributed by atoms with E-state index in [1.165, 1.54) is 0 Å². The van der Waals surface area contributed by atoms with Gasteiger partial charge in [-0.05, 0) is 11.6 Å². The fourth-order valence-electron chi connectivity index (χ4n) is 3.27. The van der Waals surface area contributed by atoms with E-state index < -0.39 is 0 Å². The SMILES string of the molecule is COc1ccc(CN2CCN(C(=O)c3n[nH]c4ccccc34)CC2)cn1. The lowest BCUT2D eigenvalue weighted by Gasteiger charge is -2.34. The summed E-state index contributed by atoms with van der Waals surface area (Å²) < 4.78 is 5.09. The number of methoxy groups -OCH3 is 1. The topological polar surface area (TPSA) is 74.3 Å². The molecule has 2 aromatic heterocycles. The van der Waals surface area contributed by atoms with Crippen molar-refractivity contribution in [3.63, 3.8) is 0 Å². The number of aromatic nitrogens is 3. The maximum absolute atomic E-state index is 12.8. The van der Waals surface area contributed by atoms with E-state index in [9.17, 15) is 4.79 Å². The zero-order chi connectivity index (χ0) is 17.9. The largest absolute Gasteiger partial charge is 0.481 e. The number of nitrogens with one attached hydrogen (secondary N) is 1. The number of fused-ring (bicyclic) bond motifs is 1. The van der Waals surface area contributed by atoms with Crippen molar-refractivity contribution >= 4 is 16.8 Å². The summed E-state index contributed by atoms with van der Waals surface area (Å²) in [4.78, 5) is 21.3. The number of para-hydroxylation sites is 1. The lowest BCUT2D eigenvalue weighted by Crippen LogP contribution is -2.48. The van der Waals surface area contributed by atoms with E-state index >= 15 is 0 Å². The van der Waals surface area contributed by atoms with Crippen molar-refractivity contribution in [3.05, 3.63) is 53.9 Å². The van der Waals surface area contributed by atoms with E-state index in [-0.39, 0.29) is 5.91 Å². The van der Waals surface area contributed by atoms with E-state index in [1.54, 1.807) is 7.11 Å². The summed E-state index contributed by atoms with van der Waals surface area (Å²) >= 11 is 0. The van der Waals surface area contributed by atoms with Crippen molar-refractivity contribution in [2.45, 2.75) is 6.54 Å². The maximum Gasteiger partial charge on any atom is 0.275 e. The number of ether oxygens (including phenoxy) is 1. The van der Waals surface area contributed by atoms with Crippen LogP contribution in [0.2, 0.25) is 0 Å². The van der Waals surface area contributed by atoms with Gasteiger partial charge in [-0.15, -0.1) is 0 Å². The lowest BCUT2D eigenvalue weighted by atomic mass is 10.2. The molecule has 1 saturated heterocycles. The zero-order valence-electron chi connectivity index (χ0n) is 14.7. The van der Waals surface area contributed by atoms with Crippen LogP contribution in [0.5, 0.6) is 5.88 Å². The Bertz CT molecular complexity index is 898. The molecule has 3 aromatic rings. The average Bonchev–Trinajstić information content (AvgIpc) is 3.13. The number of carbonyl (C=O) groups excluding carboxylic acids is 1. The Balaban J connectivity index is 1.37. The fourth-order valence-corrected chi connectivity index (χ4v) is 3.27. The van der Waals surface area contributed by atoms with Gasteiger partial charge in [0, 0.05) is 50.4 Å². The maximum atomic E-state index is 12.8. The average molecular weight is 351 g/mol. The van der Waals surface area contributed by atoms with Crippen LogP contribution in [-0.4, -0.2) is 64.2 Å². The highest BCUT2D eigenvalue weighted by atomic mass is 16.5. The van der Waals surface area contributed by atoms with Crippen LogP contribution in [-0.2, 0) is 6.54 Å². The minimum atomic E-state index is -0.00628. The third-order valence-corrected chi connectivity index (χ3v) is 4.75. The molecule has 0 atom stereocenters. The molecule has 1 aromatic carbocycles. The molecule has 0 saturated carbocycles. The minimum Gasteiger partial charge on any atom is -0.481 e. The van der Waals surface area contributed by atoms with Crippen molar-refractivity contribution in [1.29, 1.82) is 0 Å². The standard InChI is InChI=1S/C19H21N5O2/c1-26-17-7-6-14(12-20-17)13-23-8-10-24(11-9-23)19(25)18-15-4-2-3-5-16(15)21-22-18/h2-7,12H,8-11,13H2,1H3,(H,21,22). The molecular formula is C19H21N5O2. The second-order valence-corrected chi connectivity index (χ2v) is 6.39. The van der Waals surface area contributed by atoms with Gasteiger partial charge in [0.15, 0.2) is 5.69 Å². The van der Waals surface area contributed by atoms with E-state index in [4.69, 9.17) is 4.74 Å². The summed E-state index contributed by atoms with van der Waals surface area (Å²) in [6, 6.07) is 11.6. The molecule has 1 aliphatic rings. The Kier molecular flexibility index (Phi) is 4.53. The van der Waals surface area contributed by atoms with Gasteiger partial charge in [0.05, 0.1) is 12.6 Å². The van der Waals surface area contributed by atoms with Crippen LogP contribution in [0.3, 0.4) is 0 Å². The number of amides is 1. The molecule has 1 aliphatic heterocycles. The zero-order valence-corrected chi connectivity index (χ0v) is 14.7. The quantitative estimate of drug-likeness (QED) is 0.777. The van der Waals surface area contributed by atoms with Gasteiger partial charge in [0.2, 0.25) is 5.88 Å². The second-order valence-electron chi connectivity index (χ2n) is 6.39. The number of hydrogen-bond acceptors (Lipinski definition) is 5. The van der Waals surface area contributed by atoms with Gasteiger partial charge >= 0.3 is 0 Å². The van der Waals surface area contributed by atoms with Crippen molar-refractivity contribution in [1.82, 2.24) is 25.0 Å². The predicted octanol–water partition coefficient (Wildman–Crippen LogP) is 1.92. The summed E-state index contributed by atoms with van der Waals surface area (Å²) in [5.74, 6) is 0.614. The smallest absolute Gasteiger partial charge is 0.275 e. The monoisotopic (exact) mass is 351 g/mol. The van der Waals surface area contributed by atoms with Gasteiger partial charge in [-0.2, -0.15) is 5.10 Å². The second kappa shape index (κ2) is 7.13. The fraction of sp³-hybridized carbons (Fsp3) is 0.316. The van der Waals surface area contributed by atoms with E-state index in [0.29, 0.717) is 24.7 Å². The first kappa shape index (κ1) is 16.5. The first-order valence-corrected chi connectivity index (χ1v) is 8.68. The van der Waals surface area contributed by atoms with E-state index in [2.05, 4.69) is 20.1 Å². The molecule has 26 heavy (non-hydrogen) atoms. The number of nitrogens with zero attached hydrogens (tertiary/aromatic N) is 4. The number of hydrogen-bond donors (Lipinski definition) is 1. The summed E-state index contributed by atoms with van der Waals surface area (Å²) in [5, 5.41) is 8.04. The number of carbonyl (C=O) groups is 1. The molecule has 134 valence electrons. The van der Waals surface area contributed by atoms with Gasteiger partial charge < -0.3 is 9.64 Å². The molecule has 1 fully saturated rings. The number of benzene rings is 1. The van der Waals surface area contributed by atoms with Crippen molar-refractivity contribution in [2.24, 2.45) is 0 Å². The Morgan fingerprint density at radius 3 is 2.69 bits per heavy atom. The number of pyridine rings is 1. The minimum absolute atomic E-state index is 0.00628. The van der Waals surface area contributed by atoms with Crippen LogP contribution >= 0.6 is 0 Å². The normalized spacial score (nSPS) is 15.3. The molecule has 0 aliphatic carbocycles. The Morgan fingerprint density at radius 1 is 1.15 bits per heavy atom. The highest BCUT2D eigenvalue weighted by Gasteiger charge is 2.25. The molecule has 4 rings (SSSR count). The number of piperazine rings is 1. The lowest BCUT2D eigenvalue weighted by molar-refractivity contribution is 0.0624. The molecule has 7 nitrogen and oxygen atoms in total. The van der Waals surface area contributed by atoms with Crippen LogP contribution < -0.4 is 4.74 Å². The highest BCUT2D eigenvalue weighted by molar-refractivity contribution is 6.04. The summed E-state index contributed by atoms with van der Waals surface area (Å²) in [6.45, 7) is 3.89. The molecule has 1 amide bonds. The molecule has 0 radical (unpaired) electrons. The number of rotatable bonds is 4. The Hall–Kier alpha value is -2.93. The van der Waals surface area contributed by atoms with Crippen molar-refractivity contribution in [3.8, 4) is 5.88 Å². The first-order valence-electron chi connectivity index (χ1n) is 8.68. The molecule has 3 heterocycles. The number of aromatic amines is 1. The predicted molar refractivity (Wildman–Crippen MR) is 98.1 cm³/mol. The van der Waals surface area contributed by atoms with Crippen LogP contribution in [0.1, 0.15) is 16.1 Å². The molecule has 1 N–H and O–H groups in total. The van der Waals surface area contributed by atoms with Gasteiger partial charge in [0.1, 0.15) is 0 Å². The van der Waals surface area contributed by atoms with Crippen LogP contribution in [0, 0.1) is 0 Å². The van der Waals surface area contributed by atoms with Crippen LogP contribution in [0.15, 0.2) is 42.6 Å². The van der Waals surface area contributed by atoms with Gasteiger partial charge in [-0.3, -0.25) is 14.8 Å². The summed E-state index contributed by atoms with van der Waals surface area (Å²) in [6.07, 6.45) is 1.84. The third kappa shape index (κ3) is 3.25. The highest BCUT2D eigenvalue weighted by Crippen LogP contribution is 2.18. The Labute approximate surface area is 151 Å². The molecule has 0 unspecified atom stereocenters. The van der Waals surface area contributed by atoms with Crippen molar-refractivity contribution in [2.75, 3.05) is 33.3 Å². The Morgan fingerprint density at radius 2 is 1.96 bits per heavy atom. The molecular weight excluding hydrogens is 330 g/mol. The van der Waals surface area contributed by atoms with E-state index in [0.717, 1.165) is 36.1 Å². The molecule has 7 heteroatoms. The van der Waals surface area contributed by atoms with Gasteiger partial charge in [0.25, 0.3) is 5.91 Å². The summed E-state index contributed by atoms with van der Waals surface area (Å²) in [7, 11) is 1.61. The first-order chi connectivity index (χ1) is 12.7. The van der Waals surface area contributed by atoms with Crippen LogP contribution in [0.4, 0.5) is 0 Å².